The van der Waals surface area contributed by atoms with E-state index >= 15 is 0 Å². The predicted molar refractivity (Wildman–Crippen MR) is 104 cm³/mol. The number of aromatic nitrogens is 1. The van der Waals surface area contributed by atoms with Crippen LogP contribution >= 0.6 is 24.0 Å². The molecule has 1 aromatic rings. The Bertz CT molecular complexity index is 499. The summed E-state index contributed by atoms with van der Waals surface area (Å²) >= 11 is 0. The largest absolute Gasteiger partial charge is 0.354 e. The summed E-state index contributed by atoms with van der Waals surface area (Å²) in [5.41, 5.74) is 0.411. The second-order valence-electron chi connectivity index (χ2n) is 6.36. The third-order valence-electron chi connectivity index (χ3n) is 4.54. The maximum absolute atomic E-state index is 13.6. The van der Waals surface area contributed by atoms with Crippen LogP contribution in [0.2, 0.25) is 0 Å². The highest BCUT2D eigenvalue weighted by molar-refractivity contribution is 14.0. The molecule has 2 rings (SSSR count). The average molecular weight is 434 g/mol. The number of nitrogens with zero attached hydrogens (tertiary/aromatic N) is 2. The molecule has 1 aliphatic rings. The molecule has 1 heterocycles. The molecule has 2 N–H and O–H groups in total. The fraction of sp³-hybridized carbons (Fsp3) is 0.647. The maximum atomic E-state index is 13.6. The van der Waals surface area contributed by atoms with E-state index in [0.29, 0.717) is 18.3 Å². The van der Waals surface area contributed by atoms with E-state index < -0.39 is 0 Å². The van der Waals surface area contributed by atoms with E-state index in [2.05, 4.69) is 34.5 Å². The zero-order chi connectivity index (χ0) is 15.9. The van der Waals surface area contributed by atoms with Gasteiger partial charge in [0.15, 0.2) is 5.96 Å². The number of nitrogens with one attached hydrogen (secondary N) is 2. The lowest BCUT2D eigenvalue weighted by Crippen LogP contribution is -2.45. The van der Waals surface area contributed by atoms with Crippen molar-refractivity contribution in [3.8, 4) is 0 Å². The van der Waals surface area contributed by atoms with Crippen molar-refractivity contribution < 1.29 is 4.39 Å². The van der Waals surface area contributed by atoms with Gasteiger partial charge < -0.3 is 10.6 Å². The molecule has 0 radical (unpaired) electrons. The molecule has 1 saturated carbocycles. The Morgan fingerprint density at radius 2 is 2.04 bits per heavy atom. The van der Waals surface area contributed by atoms with Gasteiger partial charge >= 0.3 is 0 Å². The molecule has 0 atom stereocenters. The molecule has 0 bridgehead atoms. The normalized spacial score (nSPS) is 21.7. The van der Waals surface area contributed by atoms with Gasteiger partial charge in [0.1, 0.15) is 5.82 Å². The number of halogens is 2. The number of aliphatic imine (C=N–C) groups is 1. The Balaban J connectivity index is 0.00000264. The zero-order valence-corrected chi connectivity index (χ0v) is 16.5. The lowest BCUT2D eigenvalue weighted by molar-refractivity contribution is 0.250. The molecule has 130 valence electrons. The highest BCUT2D eigenvalue weighted by Gasteiger charge is 2.23. The highest BCUT2D eigenvalue weighted by Crippen LogP contribution is 2.29. The van der Waals surface area contributed by atoms with Crippen molar-refractivity contribution in [2.24, 2.45) is 16.8 Å². The first-order valence-electron chi connectivity index (χ1n) is 8.16. The van der Waals surface area contributed by atoms with Crippen molar-refractivity contribution in [3.05, 3.63) is 29.8 Å². The fourth-order valence-corrected chi connectivity index (χ4v) is 3.03. The molecule has 0 aliphatic heterocycles. The van der Waals surface area contributed by atoms with Crippen LogP contribution in [-0.4, -0.2) is 24.0 Å². The van der Waals surface area contributed by atoms with Gasteiger partial charge in [-0.1, -0.05) is 13.8 Å². The Kier molecular flexibility index (Phi) is 8.79. The molecule has 1 fully saturated rings. The SMILES string of the molecule is CN=C(NCc1ncccc1F)NC1CCC(C(C)C)CC1.I. The van der Waals surface area contributed by atoms with E-state index in [1.54, 1.807) is 19.3 Å². The quantitative estimate of drug-likeness (QED) is 0.432. The van der Waals surface area contributed by atoms with Crippen LogP contribution in [0.4, 0.5) is 4.39 Å². The van der Waals surface area contributed by atoms with Gasteiger partial charge in [-0.2, -0.15) is 0 Å². The first-order valence-corrected chi connectivity index (χ1v) is 8.16. The summed E-state index contributed by atoms with van der Waals surface area (Å²) in [4.78, 5) is 8.27. The highest BCUT2D eigenvalue weighted by atomic mass is 127. The zero-order valence-electron chi connectivity index (χ0n) is 14.2. The smallest absolute Gasteiger partial charge is 0.191 e. The van der Waals surface area contributed by atoms with Gasteiger partial charge in [0, 0.05) is 19.3 Å². The summed E-state index contributed by atoms with van der Waals surface area (Å²) in [6.07, 6.45) is 6.47. The van der Waals surface area contributed by atoms with E-state index in [4.69, 9.17) is 0 Å². The van der Waals surface area contributed by atoms with Crippen LogP contribution in [0.1, 0.15) is 45.2 Å². The van der Waals surface area contributed by atoms with Crippen molar-refractivity contribution in [3.63, 3.8) is 0 Å². The molecule has 1 aliphatic carbocycles. The Hall–Kier alpha value is -0.920. The Morgan fingerprint density at radius 3 is 2.61 bits per heavy atom. The molecular formula is C17H28FIN4. The summed E-state index contributed by atoms with van der Waals surface area (Å²) in [6.45, 7) is 4.95. The molecule has 23 heavy (non-hydrogen) atoms. The monoisotopic (exact) mass is 434 g/mol. The van der Waals surface area contributed by atoms with Crippen molar-refractivity contribution in [1.82, 2.24) is 15.6 Å². The van der Waals surface area contributed by atoms with Crippen LogP contribution < -0.4 is 10.6 Å². The first-order chi connectivity index (χ1) is 10.6. The molecule has 0 saturated heterocycles. The van der Waals surface area contributed by atoms with E-state index in [0.717, 1.165) is 17.8 Å². The third kappa shape index (κ3) is 6.24. The first kappa shape index (κ1) is 20.1. The number of rotatable bonds is 4. The molecule has 0 amide bonds. The fourth-order valence-electron chi connectivity index (χ4n) is 3.03. The van der Waals surface area contributed by atoms with Crippen molar-refractivity contribution >= 4 is 29.9 Å². The van der Waals surface area contributed by atoms with Crippen LogP contribution in [0.25, 0.3) is 0 Å². The summed E-state index contributed by atoms with van der Waals surface area (Å²) in [5, 5.41) is 6.59. The van der Waals surface area contributed by atoms with E-state index in [1.807, 2.05) is 0 Å². The van der Waals surface area contributed by atoms with E-state index in [-0.39, 0.29) is 29.8 Å². The molecular weight excluding hydrogens is 406 g/mol. The lowest BCUT2D eigenvalue weighted by Gasteiger charge is -2.32. The summed E-state index contributed by atoms with van der Waals surface area (Å²) in [7, 11) is 1.74. The van der Waals surface area contributed by atoms with Gasteiger partial charge in [-0.3, -0.25) is 9.98 Å². The van der Waals surface area contributed by atoms with E-state index in [1.165, 1.54) is 31.7 Å². The third-order valence-corrected chi connectivity index (χ3v) is 4.54. The minimum atomic E-state index is -0.289. The maximum Gasteiger partial charge on any atom is 0.191 e. The minimum absolute atomic E-state index is 0. The lowest BCUT2D eigenvalue weighted by atomic mass is 9.80. The summed E-state index contributed by atoms with van der Waals surface area (Å²) in [6, 6.07) is 3.47. The predicted octanol–water partition coefficient (Wildman–Crippen LogP) is 3.72. The van der Waals surface area contributed by atoms with Gasteiger partial charge in [0.25, 0.3) is 0 Å². The van der Waals surface area contributed by atoms with Gasteiger partial charge in [0.2, 0.25) is 0 Å². The van der Waals surface area contributed by atoms with Gasteiger partial charge in [-0.15, -0.1) is 24.0 Å². The standard InChI is InChI=1S/C17H27FN4.HI/c1-12(2)13-6-8-14(9-7-13)22-17(19-3)21-11-16-15(18)5-4-10-20-16;/h4-5,10,12-14H,6-9,11H2,1-3H3,(H2,19,21,22);1H. The number of hydrogen-bond acceptors (Lipinski definition) is 2. The van der Waals surface area contributed by atoms with Crippen molar-refractivity contribution in [1.29, 1.82) is 0 Å². The van der Waals surface area contributed by atoms with Crippen molar-refractivity contribution in [2.45, 2.75) is 52.1 Å². The molecule has 0 unspecified atom stereocenters. The van der Waals surface area contributed by atoms with Crippen molar-refractivity contribution in [2.75, 3.05) is 7.05 Å². The topological polar surface area (TPSA) is 49.3 Å². The van der Waals surface area contributed by atoms with Crippen LogP contribution in [0, 0.1) is 17.7 Å². The van der Waals surface area contributed by atoms with Crippen LogP contribution in [0.5, 0.6) is 0 Å². The number of pyridine rings is 1. The second-order valence-corrected chi connectivity index (χ2v) is 6.36. The Labute approximate surface area is 155 Å². The molecule has 0 spiro atoms. The van der Waals surface area contributed by atoms with Crippen LogP contribution in [-0.2, 0) is 6.54 Å². The van der Waals surface area contributed by atoms with Gasteiger partial charge in [-0.05, 0) is 49.7 Å². The van der Waals surface area contributed by atoms with Crippen LogP contribution in [0.3, 0.4) is 0 Å². The van der Waals surface area contributed by atoms with Crippen LogP contribution in [0.15, 0.2) is 23.3 Å². The Morgan fingerprint density at radius 1 is 1.35 bits per heavy atom. The molecule has 0 aromatic carbocycles. The molecule has 6 heteroatoms. The minimum Gasteiger partial charge on any atom is -0.354 e. The number of guanidine groups is 1. The average Bonchev–Trinajstić information content (AvgIpc) is 2.53. The van der Waals surface area contributed by atoms with E-state index in [9.17, 15) is 4.39 Å². The molecule has 1 aromatic heterocycles. The summed E-state index contributed by atoms with van der Waals surface area (Å²) in [5.74, 6) is 2.04. The number of hydrogen-bond donors (Lipinski definition) is 2. The second kappa shape index (κ2) is 10.1. The van der Waals surface area contributed by atoms with Gasteiger partial charge in [-0.25, -0.2) is 4.39 Å². The van der Waals surface area contributed by atoms with Gasteiger partial charge in [0.05, 0.1) is 12.2 Å². The molecule has 4 nitrogen and oxygen atoms in total. The summed E-state index contributed by atoms with van der Waals surface area (Å²) < 4.78 is 13.6.